The van der Waals surface area contributed by atoms with Gasteiger partial charge in [0.25, 0.3) is 11.8 Å². The number of piperidine rings is 4. The first kappa shape index (κ1) is 59.2. The van der Waals surface area contributed by atoms with E-state index in [1.165, 1.54) is 31.4 Å². The van der Waals surface area contributed by atoms with Crippen LogP contribution in [0.4, 0.5) is 27.3 Å². The molecule has 20 nitrogen and oxygen atoms in total. The summed E-state index contributed by atoms with van der Waals surface area (Å²) in [4.78, 5) is 115. The van der Waals surface area contributed by atoms with Gasteiger partial charge in [0.2, 0.25) is 29.5 Å². The molecule has 8 aliphatic rings. The summed E-state index contributed by atoms with van der Waals surface area (Å²) in [6.45, 7) is 13.7. The minimum atomic E-state index is -1.32. The van der Waals surface area contributed by atoms with Gasteiger partial charge in [0, 0.05) is 103 Å². The molecule has 7 amide bonds. The van der Waals surface area contributed by atoms with Crippen LogP contribution < -0.4 is 26.2 Å². The molecule has 13 rings (SSSR count). The van der Waals surface area contributed by atoms with Crippen LogP contribution in [0.3, 0.4) is 0 Å². The molecule has 0 bridgehead atoms. The zero-order valence-electron chi connectivity index (χ0n) is 51.1. The van der Waals surface area contributed by atoms with Crippen LogP contribution >= 0.6 is 0 Å². The van der Waals surface area contributed by atoms with Crippen molar-refractivity contribution < 1.29 is 43.1 Å². The van der Waals surface area contributed by atoms with Gasteiger partial charge >= 0.3 is 0 Å². The van der Waals surface area contributed by atoms with Gasteiger partial charge in [0.05, 0.1) is 34.2 Å². The molecule has 3 aromatic carbocycles. The fourth-order valence-electron chi connectivity index (χ4n) is 15.6. The highest BCUT2D eigenvalue weighted by Gasteiger charge is 2.56. The number of halogens is 1. The van der Waals surface area contributed by atoms with E-state index in [1.54, 1.807) is 31.5 Å². The Morgan fingerprint density at radius 3 is 2.15 bits per heavy atom. The van der Waals surface area contributed by atoms with Gasteiger partial charge in [-0.25, -0.2) is 14.4 Å². The molecule has 5 aromatic rings. The van der Waals surface area contributed by atoms with Crippen LogP contribution in [0.5, 0.6) is 0 Å². The van der Waals surface area contributed by atoms with Crippen molar-refractivity contribution in [3.8, 4) is 11.3 Å². The summed E-state index contributed by atoms with van der Waals surface area (Å²) in [5.74, 6) is -1.99. The molecule has 2 aliphatic carbocycles. The maximum Gasteiger partial charge on any atom is 0.259 e. The number of pyridine rings is 1. The number of aliphatic hydroxyl groups excluding tert-OH is 1. The fraction of sp³-hybridized carbons (Fsp3) is 0.537. The van der Waals surface area contributed by atoms with Crippen molar-refractivity contribution in [3.63, 3.8) is 0 Å². The number of imide groups is 1. The van der Waals surface area contributed by atoms with Crippen molar-refractivity contribution >= 4 is 75.3 Å². The van der Waals surface area contributed by atoms with Crippen molar-refractivity contribution in [1.29, 1.82) is 0 Å². The molecule has 5 N–H and O–H groups in total. The van der Waals surface area contributed by atoms with Crippen LogP contribution in [0.25, 0.3) is 22.3 Å². The normalized spacial score (nSPS) is 24.9. The van der Waals surface area contributed by atoms with Crippen LogP contribution in [-0.4, -0.2) is 150 Å². The number of rotatable bonds is 13. The quantitative estimate of drug-likeness (QED) is 0.0698. The molecule has 8 heterocycles. The molecular formula is C67H81FN12O8. The largest absolute Gasteiger partial charge is 0.382 e. The lowest BCUT2D eigenvalue weighted by atomic mass is 9.72. The lowest BCUT2D eigenvalue weighted by molar-refractivity contribution is -0.143. The third kappa shape index (κ3) is 10.7. The zero-order valence-corrected chi connectivity index (χ0v) is 51.1. The number of hydrogen-bond acceptors (Lipinski definition) is 13. The van der Waals surface area contributed by atoms with Gasteiger partial charge in [-0.1, -0.05) is 30.7 Å². The van der Waals surface area contributed by atoms with Crippen molar-refractivity contribution in [2.75, 3.05) is 54.8 Å². The van der Waals surface area contributed by atoms with Gasteiger partial charge in [-0.15, -0.1) is 0 Å². The third-order valence-corrected chi connectivity index (χ3v) is 20.6. The summed E-state index contributed by atoms with van der Waals surface area (Å²) in [7, 11) is 0. The van der Waals surface area contributed by atoms with Crippen molar-refractivity contribution in [1.82, 2.24) is 44.8 Å². The van der Waals surface area contributed by atoms with E-state index in [9.17, 15) is 33.9 Å². The van der Waals surface area contributed by atoms with Gasteiger partial charge in [0.1, 0.15) is 17.4 Å². The second kappa shape index (κ2) is 23.6. The number of likely N-dealkylation sites (tertiary alicyclic amines) is 3. The van der Waals surface area contributed by atoms with Crippen LogP contribution in [0.2, 0.25) is 0 Å². The van der Waals surface area contributed by atoms with Gasteiger partial charge < -0.3 is 45.2 Å². The van der Waals surface area contributed by atoms with Crippen LogP contribution in [0, 0.1) is 24.6 Å². The average molecular weight is 1200 g/mol. The summed E-state index contributed by atoms with van der Waals surface area (Å²) in [5.41, 5.74) is 6.01. The highest BCUT2D eigenvalue weighted by atomic mass is 19.1. The Hall–Kier alpha value is -7.78. The van der Waals surface area contributed by atoms with Crippen LogP contribution in [0.15, 0.2) is 60.9 Å². The molecule has 0 radical (unpaired) electrons. The highest BCUT2D eigenvalue weighted by Crippen LogP contribution is 2.53. The van der Waals surface area contributed by atoms with E-state index in [4.69, 9.17) is 9.97 Å². The molecule has 4 saturated heterocycles. The minimum Gasteiger partial charge on any atom is -0.382 e. The first-order chi connectivity index (χ1) is 42.3. The first-order valence-corrected chi connectivity index (χ1v) is 32.2. The van der Waals surface area contributed by atoms with E-state index in [1.807, 2.05) is 54.2 Å². The van der Waals surface area contributed by atoms with Crippen LogP contribution in [-0.2, 0) is 29.4 Å². The number of nitrogens with zero attached hydrogens (tertiary/aromatic N) is 8. The number of hydrogen-bond donors (Lipinski definition) is 5. The Morgan fingerprint density at radius 1 is 0.784 bits per heavy atom. The van der Waals surface area contributed by atoms with E-state index in [0.29, 0.717) is 134 Å². The molecule has 2 saturated carbocycles. The molecule has 6 aliphatic heterocycles. The average Bonchev–Trinajstić information content (AvgIpc) is 1.57. The lowest BCUT2D eigenvalue weighted by Gasteiger charge is -2.48. The number of anilines is 4. The van der Waals surface area contributed by atoms with Gasteiger partial charge in [0.15, 0.2) is 12.0 Å². The Balaban J connectivity index is 0.676. The maximum atomic E-state index is 16.0. The molecule has 88 heavy (non-hydrogen) atoms. The molecule has 1 spiro atoms. The van der Waals surface area contributed by atoms with Gasteiger partial charge in [-0.05, 0) is 173 Å². The number of amides is 7. The number of aromatic nitrogens is 3. The lowest BCUT2D eigenvalue weighted by Crippen LogP contribution is -2.58. The zero-order chi connectivity index (χ0) is 61.4. The summed E-state index contributed by atoms with van der Waals surface area (Å²) in [6.07, 6.45) is 10.9. The number of benzene rings is 3. The first-order valence-electron chi connectivity index (χ1n) is 32.2. The number of carbonyl (C=O) groups excluding carboxylic acids is 7. The van der Waals surface area contributed by atoms with E-state index in [-0.39, 0.29) is 78.2 Å². The van der Waals surface area contributed by atoms with Gasteiger partial charge in [-0.3, -0.25) is 43.8 Å². The smallest absolute Gasteiger partial charge is 0.259 e. The standard InChI is InChI=1S/C67H81FN12O8/c1-37(2)70-60(82)47-34-52(49(68)30-39(47)5)73-59-58-53(69-36-78(58)38(3)4)35-51(72-59)42-16-17-48-55(31-42)79(45-32-44(33-45)75-24-7-6-8-25-75)66(88)67(48)22-28-77(29-23-67)63(85)41-14-12-40(13-15-41)62(84)76-26-20-43(21-27-76)71-50-11-9-10-46-57(50)65(87)80(64(46)86)54-18-19-56(81)74-61(54)83/h9-11,16-17,30-31,34-38,40-41,43-45,54,64,71,86H,6-8,12-15,18-29,32-33H2,1-5H3,(H,70,82)(H,72,73)(H,74,81,83). The molecule has 464 valence electrons. The number of aryl methyl sites for hydroxylation is 1. The van der Waals surface area contributed by atoms with E-state index >= 15 is 9.18 Å². The second-order valence-corrected chi connectivity index (χ2v) is 26.7. The number of fused-ring (bicyclic) bond motifs is 4. The second-order valence-electron chi connectivity index (χ2n) is 26.7. The number of carbonyl (C=O) groups is 7. The summed E-state index contributed by atoms with van der Waals surface area (Å²) < 4.78 is 18.0. The predicted octanol–water partition coefficient (Wildman–Crippen LogP) is 8.39. The summed E-state index contributed by atoms with van der Waals surface area (Å²) in [5, 5.41) is 23.2. The monoisotopic (exact) mass is 1200 g/mol. The van der Waals surface area contributed by atoms with Gasteiger partial charge in [-0.2, -0.15) is 0 Å². The van der Waals surface area contributed by atoms with Crippen molar-refractivity contribution in [3.05, 3.63) is 94.6 Å². The van der Waals surface area contributed by atoms with Crippen LogP contribution in [0.1, 0.15) is 174 Å². The topological polar surface area (TPSA) is 235 Å². The SMILES string of the molecule is Cc1cc(F)c(Nc2nc(-c3ccc4c(c3)N(C3CC(N5CCCCC5)C3)C(=O)C43CCN(C(=O)C4CCC(C(=O)N5CCC(Nc6cccc7c6C(=O)N(C6CCC(=O)NC6=O)C7O)CC5)CC4)CC3)cc3ncn(C(C)C)c23)cc1C(=O)NC(C)C. The molecule has 6 fully saturated rings. The summed E-state index contributed by atoms with van der Waals surface area (Å²) >= 11 is 0. The van der Waals surface area contributed by atoms with E-state index in [2.05, 4.69) is 43.2 Å². The maximum absolute atomic E-state index is 16.0. The predicted molar refractivity (Wildman–Crippen MR) is 330 cm³/mol. The number of nitrogens with one attached hydrogen (secondary N) is 4. The fourth-order valence-corrected chi connectivity index (χ4v) is 15.6. The molecule has 21 heteroatoms. The Bertz CT molecular complexity index is 3620. The Morgan fingerprint density at radius 2 is 1.48 bits per heavy atom. The van der Waals surface area contributed by atoms with E-state index in [0.717, 1.165) is 47.6 Å². The number of aliphatic hydroxyl groups is 1. The van der Waals surface area contributed by atoms with Crippen molar-refractivity contribution in [2.45, 2.75) is 179 Å². The molecular weight excluding hydrogens is 1120 g/mol. The minimum absolute atomic E-state index is 0.00320. The molecule has 2 unspecified atom stereocenters. The van der Waals surface area contributed by atoms with E-state index < -0.39 is 41.2 Å². The van der Waals surface area contributed by atoms with Crippen molar-refractivity contribution in [2.24, 2.45) is 11.8 Å². The Kier molecular flexibility index (Phi) is 15.9. The molecule has 2 atom stereocenters. The third-order valence-electron chi connectivity index (χ3n) is 20.6. The number of imidazole rings is 1. The Labute approximate surface area is 512 Å². The highest BCUT2D eigenvalue weighted by molar-refractivity contribution is 6.10. The molecule has 2 aromatic heterocycles. The summed E-state index contributed by atoms with van der Waals surface area (Å²) in [6, 6.07) is 15.6.